The van der Waals surface area contributed by atoms with Crippen LogP contribution in [0.4, 0.5) is 0 Å². The topological polar surface area (TPSA) is 51.4 Å². The second kappa shape index (κ2) is 7.13. The van der Waals surface area contributed by atoms with E-state index in [1.807, 2.05) is 16.9 Å². The van der Waals surface area contributed by atoms with Crippen molar-refractivity contribution in [1.82, 2.24) is 4.57 Å². The van der Waals surface area contributed by atoms with Gasteiger partial charge in [-0.1, -0.05) is 36.5 Å². The number of aryl methyl sites for hydroxylation is 1. The molecule has 0 amide bonds. The Balaban J connectivity index is 2.23. The van der Waals surface area contributed by atoms with E-state index in [9.17, 15) is 8.42 Å². The highest BCUT2D eigenvalue weighted by atomic mass is 32.2. The van der Waals surface area contributed by atoms with Crippen LogP contribution in [0, 0.1) is 0 Å². The highest BCUT2D eigenvalue weighted by Gasteiger charge is 2.14. The number of rotatable bonds is 5. The highest BCUT2D eigenvalue weighted by molar-refractivity contribution is 7.98. The predicted octanol–water partition coefficient (Wildman–Crippen LogP) is 4.12. The van der Waals surface area contributed by atoms with E-state index in [4.69, 9.17) is 0 Å². The molecule has 0 N–H and O–H groups in total. The van der Waals surface area contributed by atoms with E-state index in [-0.39, 0.29) is 4.90 Å². The molecule has 0 aliphatic rings. The second-order valence-electron chi connectivity index (χ2n) is 5.25. The molecule has 0 bridgehead atoms. The van der Waals surface area contributed by atoms with Crippen molar-refractivity contribution in [2.45, 2.75) is 29.7 Å². The van der Waals surface area contributed by atoms with Gasteiger partial charge in [0.15, 0.2) is 0 Å². The van der Waals surface area contributed by atoms with Gasteiger partial charge in [0.25, 0.3) is 10.0 Å². The third-order valence-electron chi connectivity index (χ3n) is 3.58. The van der Waals surface area contributed by atoms with Crippen LogP contribution in [0.5, 0.6) is 0 Å². The maximum absolute atomic E-state index is 12.6. The van der Waals surface area contributed by atoms with E-state index in [1.54, 1.807) is 42.1 Å². The van der Waals surface area contributed by atoms with Crippen LogP contribution >= 0.6 is 23.1 Å². The first-order valence-corrected chi connectivity index (χ1v) is 11.1. The number of hydrogen-bond donors (Lipinski definition) is 0. The molecule has 0 aliphatic heterocycles. The Labute approximate surface area is 149 Å². The minimum atomic E-state index is -3.71. The predicted molar refractivity (Wildman–Crippen MR) is 101 cm³/mol. The standard InChI is InChI=1S/C17H18N2O2S3/c1-3-11-19-15-10-9-13(22-2)12-16(15)23-17(19)18-24(20,21)14-7-5-4-6-8-14/h4-10,12H,3,11H2,1-2H3. The summed E-state index contributed by atoms with van der Waals surface area (Å²) < 4.78 is 32.3. The van der Waals surface area contributed by atoms with Crippen molar-refractivity contribution in [3.63, 3.8) is 0 Å². The first-order chi connectivity index (χ1) is 11.5. The zero-order chi connectivity index (χ0) is 17.2. The average Bonchev–Trinajstić information content (AvgIpc) is 2.92. The van der Waals surface area contributed by atoms with E-state index >= 15 is 0 Å². The lowest BCUT2D eigenvalue weighted by Crippen LogP contribution is -2.17. The van der Waals surface area contributed by atoms with Gasteiger partial charge >= 0.3 is 0 Å². The molecule has 4 nitrogen and oxygen atoms in total. The van der Waals surface area contributed by atoms with Gasteiger partial charge in [-0.15, -0.1) is 16.2 Å². The van der Waals surface area contributed by atoms with E-state index in [2.05, 4.69) is 23.5 Å². The molecule has 126 valence electrons. The van der Waals surface area contributed by atoms with E-state index in [0.717, 1.165) is 28.1 Å². The number of nitrogens with zero attached hydrogens (tertiary/aromatic N) is 2. The molecule has 3 rings (SSSR count). The third-order valence-corrected chi connectivity index (χ3v) is 6.74. The Kier molecular flexibility index (Phi) is 5.12. The summed E-state index contributed by atoms with van der Waals surface area (Å²) in [4.78, 5) is 1.90. The Hall–Kier alpha value is -1.57. The van der Waals surface area contributed by atoms with Crippen LogP contribution in [0.2, 0.25) is 0 Å². The monoisotopic (exact) mass is 378 g/mol. The number of hydrogen-bond acceptors (Lipinski definition) is 4. The number of fused-ring (bicyclic) bond motifs is 1. The van der Waals surface area contributed by atoms with Gasteiger partial charge in [0.2, 0.25) is 4.80 Å². The van der Waals surface area contributed by atoms with Crippen LogP contribution in [-0.4, -0.2) is 19.2 Å². The fourth-order valence-corrected chi connectivity index (χ4v) is 5.27. The smallest absolute Gasteiger partial charge is 0.285 e. The third kappa shape index (κ3) is 3.43. The summed E-state index contributed by atoms with van der Waals surface area (Å²) in [6, 6.07) is 14.5. The van der Waals surface area contributed by atoms with Crippen molar-refractivity contribution in [2.24, 2.45) is 4.40 Å². The number of sulfonamides is 1. The maximum Gasteiger partial charge on any atom is 0.285 e. The number of aromatic nitrogens is 1. The van der Waals surface area contributed by atoms with Crippen molar-refractivity contribution >= 4 is 43.3 Å². The summed E-state index contributed by atoms with van der Waals surface area (Å²) in [5.41, 5.74) is 1.03. The zero-order valence-corrected chi connectivity index (χ0v) is 15.9. The minimum absolute atomic E-state index is 0.218. The van der Waals surface area contributed by atoms with Crippen LogP contribution in [-0.2, 0) is 16.6 Å². The van der Waals surface area contributed by atoms with Gasteiger partial charge in [-0.2, -0.15) is 8.42 Å². The Morgan fingerprint density at radius 3 is 2.58 bits per heavy atom. The molecule has 2 aromatic carbocycles. The first-order valence-electron chi connectivity index (χ1n) is 7.58. The van der Waals surface area contributed by atoms with Crippen LogP contribution in [0.15, 0.2) is 62.7 Å². The lowest BCUT2D eigenvalue weighted by Gasteiger charge is -2.03. The van der Waals surface area contributed by atoms with Crippen molar-refractivity contribution in [1.29, 1.82) is 0 Å². The molecule has 0 saturated heterocycles. The molecule has 3 aromatic rings. The molecule has 0 fully saturated rings. The van der Waals surface area contributed by atoms with Gasteiger partial charge in [-0.05, 0) is 43.0 Å². The number of thioether (sulfide) groups is 1. The summed E-state index contributed by atoms with van der Waals surface area (Å²) >= 11 is 3.09. The Bertz CT molecular complexity index is 1020. The molecule has 0 spiro atoms. The normalized spacial score (nSPS) is 12.8. The van der Waals surface area contributed by atoms with Crippen LogP contribution in [0.25, 0.3) is 10.2 Å². The molecule has 1 heterocycles. The molecule has 1 aromatic heterocycles. The average molecular weight is 379 g/mol. The van der Waals surface area contributed by atoms with Gasteiger partial charge in [0.1, 0.15) is 0 Å². The number of benzene rings is 2. The van der Waals surface area contributed by atoms with Gasteiger partial charge in [-0.3, -0.25) is 0 Å². The molecule has 0 unspecified atom stereocenters. The molecule has 24 heavy (non-hydrogen) atoms. The lowest BCUT2D eigenvalue weighted by molar-refractivity contribution is 0.594. The van der Waals surface area contributed by atoms with Crippen molar-refractivity contribution in [3.05, 3.63) is 53.3 Å². The van der Waals surface area contributed by atoms with Gasteiger partial charge in [0.05, 0.1) is 15.1 Å². The van der Waals surface area contributed by atoms with E-state index in [0.29, 0.717) is 4.80 Å². The molecule has 7 heteroatoms. The SMILES string of the molecule is CCCn1c(=NS(=O)(=O)c2ccccc2)sc2cc(SC)ccc21. The highest BCUT2D eigenvalue weighted by Crippen LogP contribution is 2.24. The fourth-order valence-electron chi connectivity index (χ4n) is 2.44. The lowest BCUT2D eigenvalue weighted by atomic mass is 10.3. The van der Waals surface area contributed by atoms with Crippen LogP contribution in [0.1, 0.15) is 13.3 Å². The summed E-state index contributed by atoms with van der Waals surface area (Å²) in [5, 5.41) is 0. The zero-order valence-electron chi connectivity index (χ0n) is 13.5. The molecule has 0 radical (unpaired) electrons. The van der Waals surface area contributed by atoms with Gasteiger partial charge < -0.3 is 4.57 Å². The summed E-state index contributed by atoms with van der Waals surface area (Å²) in [7, 11) is -3.71. The maximum atomic E-state index is 12.6. The summed E-state index contributed by atoms with van der Waals surface area (Å²) in [6.45, 7) is 2.81. The largest absolute Gasteiger partial charge is 0.316 e. The van der Waals surface area contributed by atoms with Crippen molar-refractivity contribution < 1.29 is 8.42 Å². The summed E-state index contributed by atoms with van der Waals surface area (Å²) in [5.74, 6) is 0. The minimum Gasteiger partial charge on any atom is -0.316 e. The molecule has 0 atom stereocenters. The second-order valence-corrected chi connectivity index (χ2v) is 8.74. The summed E-state index contributed by atoms with van der Waals surface area (Å²) in [6.07, 6.45) is 2.94. The number of thiazole rings is 1. The van der Waals surface area contributed by atoms with Gasteiger partial charge in [-0.25, -0.2) is 0 Å². The van der Waals surface area contributed by atoms with Crippen molar-refractivity contribution in [2.75, 3.05) is 6.26 Å². The van der Waals surface area contributed by atoms with E-state index < -0.39 is 10.0 Å². The molecular formula is C17H18N2O2S3. The van der Waals surface area contributed by atoms with Gasteiger partial charge in [0, 0.05) is 11.4 Å². The Morgan fingerprint density at radius 2 is 1.92 bits per heavy atom. The first kappa shape index (κ1) is 17.3. The van der Waals surface area contributed by atoms with Crippen LogP contribution < -0.4 is 4.80 Å². The van der Waals surface area contributed by atoms with Crippen LogP contribution in [0.3, 0.4) is 0 Å². The van der Waals surface area contributed by atoms with Crippen molar-refractivity contribution in [3.8, 4) is 0 Å². The Morgan fingerprint density at radius 1 is 1.17 bits per heavy atom. The molecular weight excluding hydrogens is 360 g/mol. The van der Waals surface area contributed by atoms with E-state index in [1.165, 1.54) is 11.3 Å². The quantitative estimate of drug-likeness (QED) is 0.628. The molecule has 0 saturated carbocycles. The fraction of sp³-hybridized carbons (Fsp3) is 0.235. The molecule has 0 aliphatic carbocycles.